The molecule has 1 aromatic rings. The van der Waals surface area contributed by atoms with Crippen molar-refractivity contribution in [3.8, 4) is 0 Å². The van der Waals surface area contributed by atoms with Gasteiger partial charge >= 0.3 is 0 Å². The van der Waals surface area contributed by atoms with Gasteiger partial charge in [0.25, 0.3) is 0 Å². The van der Waals surface area contributed by atoms with E-state index >= 15 is 0 Å². The molecule has 1 nitrogen and oxygen atoms in total. The summed E-state index contributed by atoms with van der Waals surface area (Å²) in [4.78, 5) is 0. The van der Waals surface area contributed by atoms with Crippen LogP contribution in [0, 0.1) is 8.99 Å². The van der Waals surface area contributed by atoms with Crippen LogP contribution in [0.4, 0.5) is 0 Å². The molecule has 1 aromatic carbocycles. The molecule has 0 saturated carbocycles. The highest BCUT2D eigenvalue weighted by Crippen LogP contribution is 2.27. The first kappa shape index (κ1) is 16.0. The maximum absolute atomic E-state index is 3.59. The molecule has 1 rings (SSSR count). The molecule has 0 amide bonds. The van der Waals surface area contributed by atoms with Crippen molar-refractivity contribution in [2.24, 2.45) is 5.41 Å². The summed E-state index contributed by atoms with van der Waals surface area (Å²) in [5.41, 5.74) is 1.85. The monoisotopic (exact) mass is 359 g/mol. The summed E-state index contributed by atoms with van der Waals surface area (Å²) in [6, 6.07) is 8.97. The Hall–Kier alpha value is -0.0900. The lowest BCUT2D eigenvalue weighted by Gasteiger charge is -2.30. The van der Waals surface area contributed by atoms with Gasteiger partial charge in [-0.05, 0) is 71.5 Å². The molecule has 0 aromatic heterocycles. The molecule has 0 spiro atoms. The summed E-state index contributed by atoms with van der Waals surface area (Å²) in [5.74, 6) is 0. The van der Waals surface area contributed by atoms with Crippen molar-refractivity contribution >= 4 is 22.6 Å². The highest BCUT2D eigenvalue weighted by molar-refractivity contribution is 14.1. The molecule has 1 N–H and O–H groups in total. The molecular weight excluding hydrogens is 333 g/mol. The van der Waals surface area contributed by atoms with Gasteiger partial charge < -0.3 is 5.32 Å². The van der Waals surface area contributed by atoms with Crippen LogP contribution in [-0.2, 0) is 6.42 Å². The van der Waals surface area contributed by atoms with E-state index in [0.29, 0.717) is 5.41 Å². The Morgan fingerprint density at radius 2 is 1.78 bits per heavy atom. The van der Waals surface area contributed by atoms with E-state index in [-0.39, 0.29) is 0 Å². The molecule has 0 fully saturated rings. The highest BCUT2D eigenvalue weighted by Gasteiger charge is 2.23. The first-order chi connectivity index (χ1) is 8.59. The molecule has 0 aliphatic carbocycles. The van der Waals surface area contributed by atoms with Gasteiger partial charge in [-0.1, -0.05) is 39.3 Å². The Morgan fingerprint density at radius 3 is 2.33 bits per heavy atom. The van der Waals surface area contributed by atoms with Crippen LogP contribution in [0.25, 0.3) is 0 Å². The molecule has 1 unspecified atom stereocenters. The Labute approximate surface area is 126 Å². The third-order valence-electron chi connectivity index (χ3n) is 3.38. The maximum atomic E-state index is 3.59. The van der Waals surface area contributed by atoms with Gasteiger partial charge in [-0.25, -0.2) is 0 Å². The fourth-order valence-electron chi connectivity index (χ4n) is 2.50. The van der Waals surface area contributed by atoms with Crippen molar-refractivity contribution in [1.29, 1.82) is 0 Å². The van der Waals surface area contributed by atoms with E-state index in [0.717, 1.165) is 13.1 Å². The van der Waals surface area contributed by atoms with Crippen LogP contribution in [0.15, 0.2) is 24.3 Å². The van der Waals surface area contributed by atoms with Gasteiger partial charge in [0.1, 0.15) is 0 Å². The first-order valence-corrected chi connectivity index (χ1v) is 8.12. The molecule has 0 bridgehead atoms. The van der Waals surface area contributed by atoms with E-state index in [9.17, 15) is 0 Å². The fourth-order valence-corrected chi connectivity index (χ4v) is 2.86. The summed E-state index contributed by atoms with van der Waals surface area (Å²) in [6.07, 6.45) is 4.94. The van der Waals surface area contributed by atoms with Crippen LogP contribution in [-0.4, -0.2) is 13.1 Å². The van der Waals surface area contributed by atoms with Crippen molar-refractivity contribution in [2.75, 3.05) is 13.1 Å². The molecule has 0 saturated heterocycles. The molecule has 0 aliphatic rings. The van der Waals surface area contributed by atoms with Gasteiger partial charge in [0, 0.05) is 10.1 Å². The quantitative estimate of drug-likeness (QED) is 0.527. The number of benzene rings is 1. The molecule has 1 atom stereocenters. The standard InChI is InChI=1S/C16H26IN/c1-4-10-16(3,13-18-11-5-2)12-14-6-8-15(17)9-7-14/h6-9,18H,4-5,10-13H2,1-3H3. The van der Waals surface area contributed by atoms with Crippen molar-refractivity contribution in [3.63, 3.8) is 0 Å². The number of halogens is 1. The second-order valence-electron chi connectivity index (χ2n) is 5.54. The molecule has 18 heavy (non-hydrogen) atoms. The Morgan fingerprint density at radius 1 is 1.11 bits per heavy atom. The van der Waals surface area contributed by atoms with Crippen LogP contribution in [0.5, 0.6) is 0 Å². The lowest BCUT2D eigenvalue weighted by molar-refractivity contribution is 0.275. The zero-order chi connectivity index (χ0) is 13.4. The number of hydrogen-bond acceptors (Lipinski definition) is 1. The summed E-state index contributed by atoms with van der Waals surface area (Å²) in [6.45, 7) is 9.18. The van der Waals surface area contributed by atoms with E-state index < -0.39 is 0 Å². The second kappa shape index (κ2) is 8.16. The Balaban J connectivity index is 2.62. The summed E-state index contributed by atoms with van der Waals surface area (Å²) in [7, 11) is 0. The van der Waals surface area contributed by atoms with E-state index in [1.165, 1.54) is 34.8 Å². The highest BCUT2D eigenvalue weighted by atomic mass is 127. The SMILES string of the molecule is CCCNCC(C)(CCC)Cc1ccc(I)cc1. The van der Waals surface area contributed by atoms with E-state index in [4.69, 9.17) is 0 Å². The molecule has 0 radical (unpaired) electrons. The van der Waals surface area contributed by atoms with Gasteiger partial charge in [-0.2, -0.15) is 0 Å². The van der Waals surface area contributed by atoms with Gasteiger partial charge in [0.15, 0.2) is 0 Å². The molecule has 102 valence electrons. The number of rotatable bonds is 8. The molecule has 0 aliphatic heterocycles. The largest absolute Gasteiger partial charge is 0.316 e. The zero-order valence-electron chi connectivity index (χ0n) is 11.9. The van der Waals surface area contributed by atoms with Gasteiger partial charge in [0.05, 0.1) is 0 Å². The van der Waals surface area contributed by atoms with Crippen molar-refractivity contribution in [3.05, 3.63) is 33.4 Å². The Kier molecular flexibility index (Phi) is 7.23. The van der Waals surface area contributed by atoms with Crippen LogP contribution in [0.1, 0.15) is 45.6 Å². The predicted octanol–water partition coefficient (Wildman–Crippen LogP) is 4.64. The second-order valence-corrected chi connectivity index (χ2v) is 6.79. The van der Waals surface area contributed by atoms with Crippen LogP contribution >= 0.6 is 22.6 Å². The maximum Gasteiger partial charge on any atom is 0.0130 e. The van der Waals surface area contributed by atoms with Crippen molar-refractivity contribution in [1.82, 2.24) is 5.32 Å². The lowest BCUT2D eigenvalue weighted by atomic mass is 9.79. The predicted molar refractivity (Wildman–Crippen MR) is 89.0 cm³/mol. The third kappa shape index (κ3) is 5.70. The summed E-state index contributed by atoms with van der Waals surface area (Å²) < 4.78 is 1.32. The third-order valence-corrected chi connectivity index (χ3v) is 4.10. The lowest BCUT2D eigenvalue weighted by Crippen LogP contribution is -2.34. The van der Waals surface area contributed by atoms with Crippen LogP contribution < -0.4 is 5.32 Å². The van der Waals surface area contributed by atoms with Crippen LogP contribution in [0.2, 0.25) is 0 Å². The molecule has 0 heterocycles. The first-order valence-electron chi connectivity index (χ1n) is 7.05. The normalized spacial score (nSPS) is 14.4. The van der Waals surface area contributed by atoms with E-state index in [1.807, 2.05) is 0 Å². The molecular formula is C16H26IN. The Bertz CT molecular complexity index is 333. The van der Waals surface area contributed by atoms with Crippen molar-refractivity contribution < 1.29 is 0 Å². The average molecular weight is 359 g/mol. The summed E-state index contributed by atoms with van der Waals surface area (Å²) >= 11 is 2.37. The van der Waals surface area contributed by atoms with Gasteiger partial charge in [-0.15, -0.1) is 0 Å². The topological polar surface area (TPSA) is 12.0 Å². The van der Waals surface area contributed by atoms with Gasteiger partial charge in [-0.3, -0.25) is 0 Å². The van der Waals surface area contributed by atoms with E-state index in [2.05, 4.69) is 72.9 Å². The molecule has 2 heteroatoms. The minimum Gasteiger partial charge on any atom is -0.316 e. The number of hydrogen-bond donors (Lipinski definition) is 1. The van der Waals surface area contributed by atoms with Crippen molar-refractivity contribution in [2.45, 2.75) is 46.5 Å². The smallest absolute Gasteiger partial charge is 0.0130 e. The minimum absolute atomic E-state index is 0.386. The average Bonchev–Trinajstić information content (AvgIpc) is 2.33. The zero-order valence-corrected chi connectivity index (χ0v) is 14.1. The van der Waals surface area contributed by atoms with Gasteiger partial charge in [0.2, 0.25) is 0 Å². The minimum atomic E-state index is 0.386. The summed E-state index contributed by atoms with van der Waals surface area (Å²) in [5, 5.41) is 3.59. The fraction of sp³-hybridized carbons (Fsp3) is 0.625. The van der Waals surface area contributed by atoms with Crippen LogP contribution in [0.3, 0.4) is 0 Å². The van der Waals surface area contributed by atoms with E-state index in [1.54, 1.807) is 0 Å². The number of nitrogens with one attached hydrogen (secondary N) is 1.